The number of benzene rings is 1. The number of carbonyl (C=O) groups excluding carboxylic acids is 1. The van der Waals surface area contributed by atoms with Gasteiger partial charge in [0.15, 0.2) is 0 Å². The Balaban J connectivity index is 2.13. The van der Waals surface area contributed by atoms with Gasteiger partial charge in [0.1, 0.15) is 0 Å². The van der Waals surface area contributed by atoms with E-state index in [0.717, 1.165) is 16.0 Å². The van der Waals surface area contributed by atoms with E-state index in [1.807, 2.05) is 49.6 Å². The van der Waals surface area contributed by atoms with Gasteiger partial charge in [0.05, 0.1) is 10.9 Å². The van der Waals surface area contributed by atoms with Gasteiger partial charge in [-0.2, -0.15) is 0 Å². The minimum Gasteiger partial charge on any atom is -0.345 e. The molecule has 1 atom stereocenters. The predicted octanol–water partition coefficient (Wildman–Crippen LogP) is 4.20. The van der Waals surface area contributed by atoms with Crippen molar-refractivity contribution in [1.29, 1.82) is 0 Å². The van der Waals surface area contributed by atoms with Crippen LogP contribution >= 0.6 is 22.9 Å². The van der Waals surface area contributed by atoms with E-state index in [1.54, 1.807) is 0 Å². The Kier molecular flexibility index (Phi) is 4.04. The molecule has 1 amide bonds. The average Bonchev–Trinajstić information content (AvgIpc) is 2.76. The molecule has 0 aliphatic rings. The quantitative estimate of drug-likeness (QED) is 0.896. The SMILES string of the molecule is Cc1ccsc1C(=O)NC(C)c1ccccc1Cl. The van der Waals surface area contributed by atoms with E-state index in [0.29, 0.717) is 5.02 Å². The molecule has 1 N–H and O–H groups in total. The van der Waals surface area contributed by atoms with Gasteiger partial charge < -0.3 is 5.32 Å². The summed E-state index contributed by atoms with van der Waals surface area (Å²) in [6.07, 6.45) is 0. The summed E-state index contributed by atoms with van der Waals surface area (Å²) >= 11 is 7.56. The van der Waals surface area contributed by atoms with Crippen LogP contribution in [-0.2, 0) is 0 Å². The smallest absolute Gasteiger partial charge is 0.262 e. The highest BCUT2D eigenvalue weighted by Gasteiger charge is 2.15. The van der Waals surface area contributed by atoms with Crippen molar-refractivity contribution in [2.45, 2.75) is 19.9 Å². The Hall–Kier alpha value is -1.32. The maximum Gasteiger partial charge on any atom is 0.262 e. The summed E-state index contributed by atoms with van der Waals surface area (Å²) in [7, 11) is 0. The molecule has 1 heterocycles. The van der Waals surface area contributed by atoms with Crippen LogP contribution in [0.2, 0.25) is 5.02 Å². The number of hydrogen-bond acceptors (Lipinski definition) is 2. The number of carbonyl (C=O) groups is 1. The molecule has 0 spiro atoms. The number of nitrogens with one attached hydrogen (secondary N) is 1. The number of rotatable bonds is 3. The molecule has 0 saturated heterocycles. The van der Waals surface area contributed by atoms with Crippen LogP contribution in [0.1, 0.15) is 33.8 Å². The van der Waals surface area contributed by atoms with E-state index < -0.39 is 0 Å². The number of halogens is 1. The van der Waals surface area contributed by atoms with Crippen LogP contribution < -0.4 is 5.32 Å². The van der Waals surface area contributed by atoms with Gasteiger partial charge in [-0.15, -0.1) is 11.3 Å². The van der Waals surface area contributed by atoms with Crippen molar-refractivity contribution < 1.29 is 4.79 Å². The molecule has 0 radical (unpaired) electrons. The Bertz CT molecular complexity index is 564. The van der Waals surface area contributed by atoms with Gasteiger partial charge in [-0.1, -0.05) is 29.8 Å². The highest BCUT2D eigenvalue weighted by molar-refractivity contribution is 7.12. The second kappa shape index (κ2) is 5.55. The molecule has 1 aromatic heterocycles. The Morgan fingerprint density at radius 1 is 1.33 bits per heavy atom. The van der Waals surface area contributed by atoms with Gasteiger partial charge in [-0.3, -0.25) is 4.79 Å². The molecule has 94 valence electrons. The van der Waals surface area contributed by atoms with Crippen molar-refractivity contribution in [1.82, 2.24) is 5.32 Å². The summed E-state index contributed by atoms with van der Waals surface area (Å²) in [4.78, 5) is 12.8. The lowest BCUT2D eigenvalue weighted by atomic mass is 10.1. The van der Waals surface area contributed by atoms with Crippen molar-refractivity contribution in [2.24, 2.45) is 0 Å². The van der Waals surface area contributed by atoms with Gasteiger partial charge in [-0.25, -0.2) is 0 Å². The second-order valence-electron chi connectivity index (χ2n) is 4.15. The van der Waals surface area contributed by atoms with Crippen LogP contribution in [0.25, 0.3) is 0 Å². The van der Waals surface area contributed by atoms with Crippen LogP contribution in [-0.4, -0.2) is 5.91 Å². The number of aryl methyl sites for hydroxylation is 1. The van der Waals surface area contributed by atoms with E-state index in [1.165, 1.54) is 11.3 Å². The molecule has 2 nitrogen and oxygen atoms in total. The first-order valence-electron chi connectivity index (χ1n) is 5.69. The lowest BCUT2D eigenvalue weighted by Gasteiger charge is -2.15. The fourth-order valence-corrected chi connectivity index (χ4v) is 2.90. The Morgan fingerprint density at radius 2 is 2.06 bits per heavy atom. The van der Waals surface area contributed by atoms with Crippen molar-refractivity contribution in [3.63, 3.8) is 0 Å². The maximum absolute atomic E-state index is 12.1. The molecule has 2 rings (SSSR count). The lowest BCUT2D eigenvalue weighted by Crippen LogP contribution is -2.26. The van der Waals surface area contributed by atoms with Crippen molar-refractivity contribution in [3.05, 3.63) is 56.7 Å². The monoisotopic (exact) mass is 279 g/mol. The highest BCUT2D eigenvalue weighted by Crippen LogP contribution is 2.23. The topological polar surface area (TPSA) is 29.1 Å². The summed E-state index contributed by atoms with van der Waals surface area (Å²) in [5.41, 5.74) is 1.94. The molecule has 1 aromatic carbocycles. The summed E-state index contributed by atoms with van der Waals surface area (Å²) in [5, 5.41) is 5.56. The molecule has 0 aliphatic heterocycles. The largest absolute Gasteiger partial charge is 0.345 e. The Morgan fingerprint density at radius 3 is 2.67 bits per heavy atom. The molecular formula is C14H14ClNOS. The fraction of sp³-hybridized carbons (Fsp3) is 0.214. The third kappa shape index (κ3) is 2.74. The normalized spacial score (nSPS) is 12.2. The second-order valence-corrected chi connectivity index (χ2v) is 5.47. The lowest BCUT2D eigenvalue weighted by molar-refractivity contribution is 0.0943. The first-order valence-corrected chi connectivity index (χ1v) is 6.94. The molecule has 18 heavy (non-hydrogen) atoms. The molecule has 0 saturated carbocycles. The number of thiophene rings is 1. The van der Waals surface area contributed by atoms with Gasteiger partial charge in [0.25, 0.3) is 5.91 Å². The van der Waals surface area contributed by atoms with E-state index in [4.69, 9.17) is 11.6 Å². The van der Waals surface area contributed by atoms with Gasteiger partial charge >= 0.3 is 0 Å². The van der Waals surface area contributed by atoms with Crippen LogP contribution in [0.5, 0.6) is 0 Å². The third-order valence-corrected chi connectivity index (χ3v) is 4.15. The fourth-order valence-electron chi connectivity index (χ4n) is 1.77. The minimum atomic E-state index is -0.104. The molecular weight excluding hydrogens is 266 g/mol. The van der Waals surface area contributed by atoms with Gasteiger partial charge in [0, 0.05) is 5.02 Å². The van der Waals surface area contributed by atoms with Crippen molar-refractivity contribution in [3.8, 4) is 0 Å². The van der Waals surface area contributed by atoms with Gasteiger partial charge in [0.2, 0.25) is 0 Å². The van der Waals surface area contributed by atoms with E-state index in [9.17, 15) is 4.79 Å². The summed E-state index contributed by atoms with van der Waals surface area (Å²) in [6, 6.07) is 9.39. The summed E-state index contributed by atoms with van der Waals surface area (Å²) in [6.45, 7) is 3.87. The van der Waals surface area contributed by atoms with E-state index in [-0.39, 0.29) is 11.9 Å². The minimum absolute atomic E-state index is 0.0464. The summed E-state index contributed by atoms with van der Waals surface area (Å²) in [5.74, 6) is -0.0464. The summed E-state index contributed by atoms with van der Waals surface area (Å²) < 4.78 is 0. The molecule has 2 aromatic rings. The highest BCUT2D eigenvalue weighted by atomic mass is 35.5. The molecule has 1 unspecified atom stereocenters. The van der Waals surface area contributed by atoms with Crippen molar-refractivity contribution >= 4 is 28.8 Å². The van der Waals surface area contributed by atoms with E-state index in [2.05, 4.69) is 5.32 Å². The van der Waals surface area contributed by atoms with Crippen LogP contribution in [0.4, 0.5) is 0 Å². The number of amides is 1. The first-order chi connectivity index (χ1) is 8.59. The zero-order valence-electron chi connectivity index (χ0n) is 10.2. The standard InChI is InChI=1S/C14H14ClNOS/c1-9-7-8-18-13(9)14(17)16-10(2)11-5-3-4-6-12(11)15/h3-8,10H,1-2H3,(H,16,17). The van der Waals surface area contributed by atoms with Crippen molar-refractivity contribution in [2.75, 3.05) is 0 Å². The third-order valence-electron chi connectivity index (χ3n) is 2.79. The van der Waals surface area contributed by atoms with E-state index >= 15 is 0 Å². The average molecular weight is 280 g/mol. The van der Waals surface area contributed by atoms with Crippen LogP contribution in [0.3, 0.4) is 0 Å². The van der Waals surface area contributed by atoms with Gasteiger partial charge in [-0.05, 0) is 42.5 Å². The van der Waals surface area contributed by atoms with Crippen LogP contribution in [0.15, 0.2) is 35.7 Å². The Labute approximate surface area is 116 Å². The predicted molar refractivity (Wildman–Crippen MR) is 76.4 cm³/mol. The van der Waals surface area contributed by atoms with Crippen LogP contribution in [0, 0.1) is 6.92 Å². The molecule has 0 fully saturated rings. The molecule has 0 bridgehead atoms. The zero-order chi connectivity index (χ0) is 13.1. The number of hydrogen-bond donors (Lipinski definition) is 1. The maximum atomic E-state index is 12.1. The molecule has 4 heteroatoms. The first kappa shape index (κ1) is 13.1. The molecule has 0 aliphatic carbocycles. The zero-order valence-corrected chi connectivity index (χ0v) is 11.8.